The van der Waals surface area contributed by atoms with Gasteiger partial charge in [0.1, 0.15) is 0 Å². The minimum atomic E-state index is -1.38. The second-order valence-corrected chi connectivity index (χ2v) is 2.51. The van der Waals surface area contributed by atoms with Crippen molar-refractivity contribution in [2.24, 2.45) is 0 Å². The molecule has 1 aromatic carbocycles. The summed E-state index contributed by atoms with van der Waals surface area (Å²) in [5, 5.41) is 8.29. The van der Waals surface area contributed by atoms with E-state index in [1.165, 1.54) is 0 Å². The number of benzene rings is 1. The Morgan fingerprint density at radius 2 is 2.00 bits per heavy atom. The quantitative estimate of drug-likeness (QED) is 0.687. The molecule has 0 bridgehead atoms. The van der Waals surface area contributed by atoms with Gasteiger partial charge in [0.05, 0.1) is 19.6 Å². The van der Waals surface area contributed by atoms with E-state index >= 15 is 0 Å². The first-order valence-electron chi connectivity index (χ1n) is 3.69. The van der Waals surface area contributed by atoms with Crippen molar-refractivity contribution in [1.82, 2.24) is 0 Å². The van der Waals surface area contributed by atoms with E-state index in [0.29, 0.717) is 6.07 Å². The van der Waals surface area contributed by atoms with E-state index in [-0.39, 0.29) is 12.0 Å². The molecule has 0 unspecified atom stereocenters. The van der Waals surface area contributed by atoms with Crippen LogP contribution in [0.2, 0.25) is 0 Å². The molecule has 0 radical (unpaired) electrons. The van der Waals surface area contributed by atoms with Gasteiger partial charge in [-0.1, -0.05) is 0 Å². The minimum Gasteiger partial charge on any atom is -0.491 e. The molecule has 14 heavy (non-hydrogen) atoms. The molecule has 0 aliphatic heterocycles. The summed E-state index contributed by atoms with van der Waals surface area (Å²) >= 11 is 0. The summed E-state index contributed by atoms with van der Waals surface area (Å²) < 4.78 is 43.2. The molecule has 0 fully saturated rings. The molecule has 2 nitrogen and oxygen atoms in total. The number of hydrogen-bond donors (Lipinski definition) is 0. The summed E-state index contributed by atoms with van der Waals surface area (Å²) in [6, 6.07) is 2.29. The molecule has 0 saturated heterocycles. The van der Waals surface area contributed by atoms with Crippen molar-refractivity contribution in [1.29, 1.82) is 5.26 Å². The third-order valence-corrected chi connectivity index (χ3v) is 1.66. The third-order valence-electron chi connectivity index (χ3n) is 1.66. The summed E-state index contributed by atoms with van der Waals surface area (Å²) in [5.74, 6) is -4.44. The molecule has 0 saturated carbocycles. The number of nitrogens with zero attached hydrogens (tertiary/aromatic N) is 1. The van der Waals surface area contributed by atoms with Crippen LogP contribution in [0, 0.1) is 28.8 Å². The molecule has 0 atom stereocenters. The van der Waals surface area contributed by atoms with Gasteiger partial charge in [0, 0.05) is 5.56 Å². The fourth-order valence-corrected chi connectivity index (χ4v) is 1.02. The normalized spacial score (nSPS) is 9.64. The molecular weight excluding hydrogens is 195 g/mol. The lowest BCUT2D eigenvalue weighted by atomic mass is 10.1. The Labute approximate surface area is 78.5 Å². The van der Waals surface area contributed by atoms with Crippen LogP contribution in [0.5, 0.6) is 5.75 Å². The number of ether oxygens (including phenoxy) is 1. The summed E-state index contributed by atoms with van der Waals surface area (Å²) in [6.45, 7) is 0. The molecule has 0 aromatic heterocycles. The highest BCUT2D eigenvalue weighted by atomic mass is 19.2. The zero-order valence-electron chi connectivity index (χ0n) is 7.27. The van der Waals surface area contributed by atoms with E-state index in [9.17, 15) is 13.2 Å². The Bertz CT molecular complexity index is 398. The van der Waals surface area contributed by atoms with Crippen LogP contribution < -0.4 is 4.74 Å². The van der Waals surface area contributed by atoms with Crippen LogP contribution in [0.25, 0.3) is 0 Å². The highest BCUT2D eigenvalue weighted by Gasteiger charge is 2.18. The van der Waals surface area contributed by atoms with Gasteiger partial charge in [0.15, 0.2) is 17.4 Å². The van der Waals surface area contributed by atoms with E-state index in [4.69, 9.17) is 5.26 Å². The first-order chi connectivity index (χ1) is 6.61. The van der Waals surface area contributed by atoms with Crippen LogP contribution in [0.4, 0.5) is 13.2 Å². The van der Waals surface area contributed by atoms with Crippen molar-refractivity contribution in [3.05, 3.63) is 29.1 Å². The molecule has 74 valence electrons. The number of hydrogen-bond acceptors (Lipinski definition) is 2. The summed E-state index contributed by atoms with van der Waals surface area (Å²) in [4.78, 5) is 0. The maximum absolute atomic E-state index is 13.2. The highest BCUT2D eigenvalue weighted by molar-refractivity contribution is 5.35. The monoisotopic (exact) mass is 201 g/mol. The van der Waals surface area contributed by atoms with Gasteiger partial charge in [-0.05, 0) is 6.07 Å². The lowest BCUT2D eigenvalue weighted by Gasteiger charge is -2.06. The van der Waals surface area contributed by atoms with Crippen molar-refractivity contribution >= 4 is 0 Å². The van der Waals surface area contributed by atoms with Crippen molar-refractivity contribution in [3.63, 3.8) is 0 Å². The van der Waals surface area contributed by atoms with Crippen LogP contribution in [-0.4, -0.2) is 7.11 Å². The number of methoxy groups -OCH3 is 1. The lowest BCUT2D eigenvalue weighted by Crippen LogP contribution is -2.00. The molecule has 1 aromatic rings. The van der Waals surface area contributed by atoms with Gasteiger partial charge < -0.3 is 4.74 Å². The Balaban J connectivity index is 3.36. The number of halogens is 3. The van der Waals surface area contributed by atoms with Crippen LogP contribution in [0.15, 0.2) is 6.07 Å². The predicted octanol–water partition coefficient (Wildman–Crippen LogP) is 2.18. The van der Waals surface area contributed by atoms with Crippen LogP contribution in [0.1, 0.15) is 5.56 Å². The smallest absolute Gasteiger partial charge is 0.203 e. The molecule has 0 aliphatic rings. The van der Waals surface area contributed by atoms with Gasteiger partial charge in [0.2, 0.25) is 5.82 Å². The summed E-state index contributed by atoms with van der Waals surface area (Å²) in [5.41, 5.74) is -0.219. The molecule has 0 spiro atoms. The average molecular weight is 201 g/mol. The van der Waals surface area contributed by atoms with Crippen molar-refractivity contribution in [2.45, 2.75) is 6.42 Å². The third kappa shape index (κ3) is 1.64. The molecule has 0 aliphatic carbocycles. The molecule has 0 heterocycles. The molecule has 0 amide bonds. The Morgan fingerprint density at radius 3 is 2.50 bits per heavy atom. The first kappa shape index (κ1) is 10.4. The Hall–Kier alpha value is -1.70. The zero-order chi connectivity index (χ0) is 10.7. The molecular formula is C9H6F3NO. The van der Waals surface area contributed by atoms with Crippen molar-refractivity contribution in [2.75, 3.05) is 7.11 Å². The van der Waals surface area contributed by atoms with Gasteiger partial charge in [-0.15, -0.1) is 0 Å². The summed E-state index contributed by atoms with van der Waals surface area (Å²) in [6.07, 6.45) is -0.334. The van der Waals surface area contributed by atoms with E-state index < -0.39 is 23.2 Å². The van der Waals surface area contributed by atoms with Gasteiger partial charge in [-0.3, -0.25) is 0 Å². The first-order valence-corrected chi connectivity index (χ1v) is 3.69. The molecule has 1 rings (SSSR count). The molecule has 5 heteroatoms. The van der Waals surface area contributed by atoms with Crippen LogP contribution >= 0.6 is 0 Å². The van der Waals surface area contributed by atoms with Crippen LogP contribution in [-0.2, 0) is 6.42 Å². The Morgan fingerprint density at radius 1 is 1.36 bits per heavy atom. The van der Waals surface area contributed by atoms with E-state index in [1.807, 2.05) is 0 Å². The SMILES string of the molecule is COc1c(F)c(F)cc(CC#N)c1F. The maximum Gasteiger partial charge on any atom is 0.203 e. The second-order valence-electron chi connectivity index (χ2n) is 2.51. The van der Waals surface area contributed by atoms with Crippen LogP contribution in [0.3, 0.4) is 0 Å². The number of rotatable bonds is 2. The van der Waals surface area contributed by atoms with Gasteiger partial charge in [-0.2, -0.15) is 9.65 Å². The highest BCUT2D eigenvalue weighted by Crippen LogP contribution is 2.26. The van der Waals surface area contributed by atoms with E-state index in [0.717, 1.165) is 7.11 Å². The summed E-state index contributed by atoms with van der Waals surface area (Å²) in [7, 11) is 1.02. The second kappa shape index (κ2) is 4.01. The average Bonchev–Trinajstić information content (AvgIpc) is 2.16. The van der Waals surface area contributed by atoms with Crippen molar-refractivity contribution in [3.8, 4) is 11.8 Å². The topological polar surface area (TPSA) is 33.0 Å². The van der Waals surface area contributed by atoms with E-state index in [1.54, 1.807) is 6.07 Å². The van der Waals surface area contributed by atoms with Gasteiger partial charge in [-0.25, -0.2) is 8.78 Å². The minimum absolute atomic E-state index is 0.219. The zero-order valence-corrected chi connectivity index (χ0v) is 7.27. The Kier molecular flexibility index (Phi) is 2.97. The standard InChI is InChI=1S/C9H6F3NO/c1-14-9-7(11)5(2-3-13)4-6(10)8(9)12/h4H,2H2,1H3. The maximum atomic E-state index is 13.2. The predicted molar refractivity (Wildman–Crippen MR) is 42.2 cm³/mol. The number of nitriles is 1. The van der Waals surface area contributed by atoms with E-state index in [2.05, 4.69) is 4.74 Å². The van der Waals surface area contributed by atoms with Crippen molar-refractivity contribution < 1.29 is 17.9 Å². The van der Waals surface area contributed by atoms with Gasteiger partial charge >= 0.3 is 0 Å². The van der Waals surface area contributed by atoms with Gasteiger partial charge in [0.25, 0.3) is 0 Å². The molecule has 0 N–H and O–H groups in total. The fraction of sp³-hybridized carbons (Fsp3) is 0.222. The lowest BCUT2D eigenvalue weighted by molar-refractivity contribution is 0.344. The largest absolute Gasteiger partial charge is 0.491 e. The fourth-order valence-electron chi connectivity index (χ4n) is 1.02.